The molecule has 1 aromatic rings. The fraction of sp³-hybridized carbons (Fsp3) is 0.333. The van der Waals surface area contributed by atoms with Crippen molar-refractivity contribution in [2.75, 3.05) is 0 Å². The summed E-state index contributed by atoms with van der Waals surface area (Å²) in [6, 6.07) is 0. The molecule has 0 spiro atoms. The summed E-state index contributed by atoms with van der Waals surface area (Å²) in [5.74, 6) is -1.30. The van der Waals surface area contributed by atoms with Crippen molar-refractivity contribution in [1.82, 2.24) is 15.6 Å². The highest BCUT2D eigenvalue weighted by atomic mass is 16.4. The average Bonchev–Trinajstić information content (AvgIpc) is 3.56. The van der Waals surface area contributed by atoms with E-state index in [2.05, 4.69) is 29.1 Å². The third kappa shape index (κ3) is 5.73. The largest absolute Gasteiger partial charge is 0.481 e. The van der Waals surface area contributed by atoms with E-state index in [1.54, 1.807) is 6.08 Å². The molecule has 8 heteroatoms. The predicted octanol–water partition coefficient (Wildman–Crippen LogP) is 5.82. The Labute approximate surface area is 241 Å². The van der Waals surface area contributed by atoms with Gasteiger partial charge in [0.05, 0.1) is 17.3 Å². The minimum Gasteiger partial charge on any atom is -0.481 e. The normalized spacial score (nSPS) is 23.0. The van der Waals surface area contributed by atoms with Crippen LogP contribution in [0.3, 0.4) is 0 Å². The molecule has 1 fully saturated rings. The van der Waals surface area contributed by atoms with Crippen LogP contribution in [0.5, 0.6) is 0 Å². The highest BCUT2D eigenvalue weighted by molar-refractivity contribution is 6.13. The van der Waals surface area contributed by atoms with Gasteiger partial charge in [0.15, 0.2) is 0 Å². The number of aromatic nitrogens is 1. The van der Waals surface area contributed by atoms with E-state index in [1.807, 2.05) is 58.9 Å². The summed E-state index contributed by atoms with van der Waals surface area (Å²) in [4.78, 5) is 44.6. The number of hydrogen-bond acceptors (Lipinski definition) is 4. The topological polar surface area (TPSA) is 124 Å². The van der Waals surface area contributed by atoms with Gasteiger partial charge in [0.2, 0.25) is 5.91 Å². The number of allylic oxidation sites excluding steroid dienone is 6. The summed E-state index contributed by atoms with van der Waals surface area (Å²) in [5.41, 5.74) is 10.9. The number of H-pyrrole nitrogens is 1. The van der Waals surface area contributed by atoms with E-state index < -0.39 is 5.97 Å². The van der Waals surface area contributed by atoms with Crippen molar-refractivity contribution < 1.29 is 19.5 Å². The van der Waals surface area contributed by atoms with Gasteiger partial charge >= 0.3 is 5.97 Å². The molecule has 0 aliphatic carbocycles. The van der Waals surface area contributed by atoms with Gasteiger partial charge in [-0.2, -0.15) is 0 Å². The van der Waals surface area contributed by atoms with Crippen molar-refractivity contribution in [3.63, 3.8) is 0 Å². The third-order valence-corrected chi connectivity index (χ3v) is 8.02. The SMILES string of the molecule is C=CC1=C(C)/C(=C/c2[nH]c(/C=C3N=C(/C=C4\NC(=O)C(C)\C4=C/C)C(C)=C\3CCC)c(CCC(=O)O)c2C)NC1=O. The number of aliphatic carboxylic acids is 1. The van der Waals surface area contributed by atoms with Crippen LogP contribution < -0.4 is 10.6 Å². The summed E-state index contributed by atoms with van der Waals surface area (Å²) < 4.78 is 0. The number of carboxylic acid groups (broad SMARTS) is 1. The summed E-state index contributed by atoms with van der Waals surface area (Å²) in [6.45, 7) is 15.6. The Kier molecular flexibility index (Phi) is 8.61. The molecule has 0 saturated carbocycles. The highest BCUT2D eigenvalue weighted by Gasteiger charge is 2.30. The molecule has 41 heavy (non-hydrogen) atoms. The Balaban J connectivity index is 1.82. The number of amides is 2. The van der Waals surface area contributed by atoms with Gasteiger partial charge in [-0.25, -0.2) is 4.99 Å². The fourth-order valence-corrected chi connectivity index (χ4v) is 5.57. The first-order valence-electron chi connectivity index (χ1n) is 14.0. The number of nitrogens with zero attached hydrogens (tertiary/aromatic N) is 1. The highest BCUT2D eigenvalue weighted by Crippen LogP contribution is 2.35. The molecule has 4 rings (SSSR count). The number of nitrogens with one attached hydrogen (secondary N) is 3. The zero-order chi connectivity index (χ0) is 30.0. The van der Waals surface area contributed by atoms with Crippen molar-refractivity contribution in [3.8, 4) is 0 Å². The van der Waals surface area contributed by atoms with Crippen LogP contribution in [0.1, 0.15) is 76.4 Å². The van der Waals surface area contributed by atoms with Crippen LogP contribution in [-0.4, -0.2) is 33.6 Å². The maximum atomic E-state index is 12.3. The Morgan fingerprint density at radius 2 is 1.76 bits per heavy atom. The summed E-state index contributed by atoms with van der Waals surface area (Å²) >= 11 is 0. The van der Waals surface area contributed by atoms with Gasteiger partial charge in [-0.15, -0.1) is 0 Å². The minimum absolute atomic E-state index is 0.0114. The Morgan fingerprint density at radius 1 is 1.02 bits per heavy atom. The molecular weight excluding hydrogens is 516 g/mol. The quantitative estimate of drug-likeness (QED) is 0.307. The molecule has 3 aliphatic heterocycles. The Bertz CT molecular complexity index is 1570. The standard InChI is InChI=1S/C33H38N4O4/c1-8-11-23-18(5)26(15-28-21(9-2)20(7)32(40)37-28)35-29(23)16-30-24(12-13-31(38)39)19(6)25(34-30)14-27-17(4)22(10-3)33(41)36-27/h9-10,14-16,20,34H,3,8,11-13H2,1-2,4-7H3,(H,36,41)(H,37,40)(H,38,39)/b21-9+,27-14-,28-15-,29-16-. The predicted molar refractivity (Wildman–Crippen MR) is 163 cm³/mol. The van der Waals surface area contributed by atoms with Gasteiger partial charge in [-0.3, -0.25) is 14.4 Å². The van der Waals surface area contributed by atoms with Crippen molar-refractivity contribution in [2.24, 2.45) is 10.9 Å². The van der Waals surface area contributed by atoms with Crippen LogP contribution in [-0.2, 0) is 20.8 Å². The van der Waals surface area contributed by atoms with E-state index in [0.717, 1.165) is 74.8 Å². The molecule has 4 N–H and O–H groups in total. The lowest BCUT2D eigenvalue weighted by atomic mass is 9.98. The van der Waals surface area contributed by atoms with Crippen molar-refractivity contribution in [1.29, 1.82) is 0 Å². The Hall–Kier alpha value is -4.46. The van der Waals surface area contributed by atoms with Gasteiger partial charge in [0.25, 0.3) is 5.91 Å². The molecule has 214 valence electrons. The second-order valence-corrected chi connectivity index (χ2v) is 10.6. The maximum absolute atomic E-state index is 12.3. The number of aromatic amines is 1. The third-order valence-electron chi connectivity index (χ3n) is 8.02. The fourth-order valence-electron chi connectivity index (χ4n) is 5.57. The summed E-state index contributed by atoms with van der Waals surface area (Å²) in [7, 11) is 0. The van der Waals surface area contributed by atoms with E-state index >= 15 is 0 Å². The van der Waals surface area contributed by atoms with Crippen LogP contribution >= 0.6 is 0 Å². The van der Waals surface area contributed by atoms with Crippen LogP contribution in [0.25, 0.3) is 12.2 Å². The van der Waals surface area contributed by atoms with Gasteiger partial charge in [-0.1, -0.05) is 32.1 Å². The smallest absolute Gasteiger partial charge is 0.303 e. The van der Waals surface area contributed by atoms with Crippen LogP contribution in [0.15, 0.2) is 74.8 Å². The first-order valence-corrected chi connectivity index (χ1v) is 14.0. The van der Waals surface area contributed by atoms with E-state index in [-0.39, 0.29) is 24.2 Å². The summed E-state index contributed by atoms with van der Waals surface area (Å²) in [6.07, 6.45) is 11.4. The minimum atomic E-state index is -0.871. The Morgan fingerprint density at radius 3 is 2.37 bits per heavy atom. The van der Waals surface area contributed by atoms with E-state index in [4.69, 9.17) is 4.99 Å². The van der Waals surface area contributed by atoms with Crippen molar-refractivity contribution >= 4 is 35.6 Å². The molecule has 1 atom stereocenters. The monoisotopic (exact) mass is 554 g/mol. The lowest BCUT2D eigenvalue weighted by Gasteiger charge is -2.05. The first-order chi connectivity index (χ1) is 19.5. The van der Waals surface area contributed by atoms with Crippen molar-refractivity contribution in [3.05, 3.63) is 92.3 Å². The molecule has 4 heterocycles. The van der Waals surface area contributed by atoms with Gasteiger partial charge in [-0.05, 0) is 99.1 Å². The molecular formula is C33H38N4O4. The lowest BCUT2D eigenvalue weighted by molar-refractivity contribution is -0.137. The number of aliphatic imine (C=N–C) groups is 1. The zero-order valence-corrected chi connectivity index (χ0v) is 24.6. The first kappa shape index (κ1) is 29.5. The molecule has 0 bridgehead atoms. The van der Waals surface area contributed by atoms with Crippen LogP contribution in [0, 0.1) is 12.8 Å². The molecule has 1 saturated heterocycles. The number of carboxylic acids is 1. The van der Waals surface area contributed by atoms with Crippen LogP contribution in [0.4, 0.5) is 0 Å². The summed E-state index contributed by atoms with van der Waals surface area (Å²) in [5, 5.41) is 15.3. The van der Waals surface area contributed by atoms with Crippen molar-refractivity contribution in [2.45, 2.75) is 67.2 Å². The van der Waals surface area contributed by atoms with Gasteiger partial charge in [0, 0.05) is 34.8 Å². The second kappa shape index (κ2) is 12.0. The maximum Gasteiger partial charge on any atom is 0.303 e. The van der Waals surface area contributed by atoms with E-state index in [1.165, 1.54) is 0 Å². The van der Waals surface area contributed by atoms with Gasteiger partial charge in [0.1, 0.15) is 0 Å². The molecule has 3 aliphatic rings. The molecule has 1 aromatic heterocycles. The molecule has 8 nitrogen and oxygen atoms in total. The number of carbonyl (C=O) groups excluding carboxylic acids is 2. The molecule has 0 aromatic carbocycles. The molecule has 0 radical (unpaired) electrons. The molecule has 1 unspecified atom stereocenters. The molecule has 2 amide bonds. The van der Waals surface area contributed by atoms with E-state index in [9.17, 15) is 19.5 Å². The number of carbonyl (C=O) groups is 3. The lowest BCUT2D eigenvalue weighted by Crippen LogP contribution is -2.16. The van der Waals surface area contributed by atoms with Crippen LogP contribution in [0.2, 0.25) is 0 Å². The number of rotatable bonds is 9. The average molecular weight is 555 g/mol. The second-order valence-electron chi connectivity index (χ2n) is 10.6. The van der Waals surface area contributed by atoms with Gasteiger partial charge < -0.3 is 20.7 Å². The van der Waals surface area contributed by atoms with E-state index in [0.29, 0.717) is 17.7 Å². The number of hydrogen-bond donors (Lipinski definition) is 4. The zero-order valence-electron chi connectivity index (χ0n) is 24.6.